The number of rotatable bonds is 9. The lowest BCUT2D eigenvalue weighted by molar-refractivity contribution is -0.154. The summed E-state index contributed by atoms with van der Waals surface area (Å²) in [6, 6.07) is 11.0. The van der Waals surface area contributed by atoms with Crippen LogP contribution in [0.1, 0.15) is 69.0 Å². The molecule has 1 amide bonds. The number of nitrogens with two attached hydrogens (primary N) is 1. The Hall–Kier alpha value is -2.75. The Morgan fingerprint density at radius 1 is 1.02 bits per heavy atom. The zero-order valence-corrected chi connectivity index (χ0v) is 25.0. The van der Waals surface area contributed by atoms with Crippen LogP contribution in [0.4, 0.5) is 5.69 Å². The highest BCUT2D eigenvalue weighted by Crippen LogP contribution is 2.41. The van der Waals surface area contributed by atoms with Gasteiger partial charge in [0.15, 0.2) is 0 Å². The summed E-state index contributed by atoms with van der Waals surface area (Å²) in [5.74, 6) is -0.661. The maximum Gasteiger partial charge on any atom is 0.353 e. The van der Waals surface area contributed by atoms with Gasteiger partial charge in [0.2, 0.25) is 12.7 Å². The third kappa shape index (κ3) is 7.30. The highest BCUT2D eigenvalue weighted by Gasteiger charge is 2.37. The number of esters is 2. The summed E-state index contributed by atoms with van der Waals surface area (Å²) >= 11 is 1.30. The molecule has 1 saturated heterocycles. The quantitative estimate of drug-likeness (QED) is 0.323. The van der Waals surface area contributed by atoms with Crippen molar-refractivity contribution >= 4 is 34.9 Å². The molecule has 2 aliphatic rings. The third-order valence-corrected chi connectivity index (χ3v) is 9.41. The first-order valence-corrected chi connectivity index (χ1v) is 15.3. The molecule has 1 aromatic heterocycles. The van der Waals surface area contributed by atoms with Crippen LogP contribution in [-0.2, 0) is 19.1 Å². The summed E-state index contributed by atoms with van der Waals surface area (Å²) in [5.41, 5.74) is 7.42. The van der Waals surface area contributed by atoms with Crippen LogP contribution in [0, 0.1) is 17.8 Å². The van der Waals surface area contributed by atoms with E-state index in [0.29, 0.717) is 16.5 Å². The predicted octanol–water partition coefficient (Wildman–Crippen LogP) is 5.31. The van der Waals surface area contributed by atoms with Crippen molar-refractivity contribution in [1.82, 2.24) is 4.90 Å². The molecule has 1 saturated carbocycles. The van der Waals surface area contributed by atoms with E-state index in [0.717, 1.165) is 62.1 Å². The molecule has 1 atom stereocenters. The molecule has 218 valence electrons. The van der Waals surface area contributed by atoms with Crippen molar-refractivity contribution < 1.29 is 23.9 Å². The van der Waals surface area contributed by atoms with Crippen molar-refractivity contribution in [1.29, 1.82) is 0 Å². The summed E-state index contributed by atoms with van der Waals surface area (Å²) in [5, 5.41) is 0. The van der Waals surface area contributed by atoms with Crippen molar-refractivity contribution in [3.05, 3.63) is 41.3 Å². The van der Waals surface area contributed by atoms with Crippen LogP contribution in [0.25, 0.3) is 10.4 Å². The number of nitrogens with zero attached hydrogens (tertiary/aromatic N) is 2. The van der Waals surface area contributed by atoms with Crippen LogP contribution in [-0.4, -0.2) is 61.8 Å². The largest absolute Gasteiger partial charge is 0.427 e. The van der Waals surface area contributed by atoms with Gasteiger partial charge in [0.1, 0.15) is 10.9 Å². The molecule has 2 heterocycles. The highest BCUT2D eigenvalue weighted by atomic mass is 32.1. The number of hydrogen-bond acceptors (Lipinski definition) is 8. The van der Waals surface area contributed by atoms with Crippen LogP contribution in [0.3, 0.4) is 0 Å². The molecule has 1 aliphatic heterocycles. The van der Waals surface area contributed by atoms with E-state index in [1.165, 1.54) is 11.3 Å². The molecular formula is C31H43N3O5S. The topological polar surface area (TPSA) is 102 Å². The smallest absolute Gasteiger partial charge is 0.353 e. The number of amides is 1. The van der Waals surface area contributed by atoms with Gasteiger partial charge < -0.3 is 25.0 Å². The first-order valence-electron chi connectivity index (χ1n) is 14.5. The number of thiophene rings is 1. The summed E-state index contributed by atoms with van der Waals surface area (Å²) in [4.78, 5) is 45.3. The number of anilines is 1. The molecule has 2 fully saturated rings. The van der Waals surface area contributed by atoms with Gasteiger partial charge >= 0.3 is 11.9 Å². The van der Waals surface area contributed by atoms with Crippen molar-refractivity contribution in [2.24, 2.45) is 23.5 Å². The van der Waals surface area contributed by atoms with E-state index < -0.39 is 24.8 Å². The zero-order chi connectivity index (χ0) is 28.8. The number of piperidine rings is 1. The third-order valence-electron chi connectivity index (χ3n) is 8.25. The second-order valence-electron chi connectivity index (χ2n) is 11.7. The summed E-state index contributed by atoms with van der Waals surface area (Å²) in [6.07, 6.45) is 5.47. The fraction of sp³-hybridized carbons (Fsp3) is 0.581. The van der Waals surface area contributed by atoms with Gasteiger partial charge in [-0.25, -0.2) is 4.79 Å². The average molecular weight is 570 g/mol. The second kappa shape index (κ2) is 13.7. The molecule has 0 radical (unpaired) electrons. The minimum absolute atomic E-state index is 0.00492. The fourth-order valence-corrected chi connectivity index (χ4v) is 6.53. The number of hydrogen-bond donors (Lipinski definition) is 1. The van der Waals surface area contributed by atoms with Gasteiger partial charge in [-0.2, -0.15) is 0 Å². The second-order valence-corrected chi connectivity index (χ2v) is 12.7. The molecule has 0 bridgehead atoms. The summed E-state index contributed by atoms with van der Waals surface area (Å²) in [6.45, 7) is 7.13. The van der Waals surface area contributed by atoms with Crippen molar-refractivity contribution in [2.45, 2.75) is 71.4 Å². The molecule has 0 unspecified atom stereocenters. The zero-order valence-electron chi connectivity index (χ0n) is 24.1. The summed E-state index contributed by atoms with van der Waals surface area (Å²) in [7, 11) is 2.10. The number of carbonyl (C=O) groups is 3. The van der Waals surface area contributed by atoms with Crippen LogP contribution < -0.4 is 10.6 Å². The maximum absolute atomic E-state index is 14.2. The molecule has 4 rings (SSSR count). The molecule has 9 heteroatoms. The number of benzene rings is 1. The molecule has 2 aromatic rings. The monoisotopic (exact) mass is 569 g/mol. The van der Waals surface area contributed by atoms with Crippen LogP contribution in [0.2, 0.25) is 0 Å². The first kappa shape index (κ1) is 30.2. The minimum atomic E-state index is -0.795. The van der Waals surface area contributed by atoms with E-state index >= 15 is 0 Å². The van der Waals surface area contributed by atoms with Crippen molar-refractivity contribution in [3.8, 4) is 10.4 Å². The van der Waals surface area contributed by atoms with E-state index in [2.05, 4.69) is 18.9 Å². The standard InChI is InChI=1S/C31H43N3O5S/c1-20(2)27(32)30(36)38-19-39-31(37)28-25(18-26(40-28)22-8-6-5-7-9-22)34(24-14-16-33(4)17-15-24)29(35)23-12-10-21(3)11-13-23/h5-9,18,20-21,23-24,27H,10-17,19,32H2,1-4H3/t21?,23?,27-/m0/s1. The Bertz CT molecular complexity index is 1150. The number of carbonyl (C=O) groups excluding carboxylic acids is 3. The maximum atomic E-state index is 14.2. The van der Waals surface area contributed by atoms with Gasteiger partial charge in [-0.1, -0.05) is 51.1 Å². The molecule has 1 aromatic carbocycles. The van der Waals surface area contributed by atoms with Gasteiger partial charge in [0, 0.05) is 16.8 Å². The Morgan fingerprint density at radius 3 is 2.30 bits per heavy atom. The van der Waals surface area contributed by atoms with Crippen LogP contribution >= 0.6 is 11.3 Å². The lowest BCUT2D eigenvalue weighted by atomic mass is 9.82. The van der Waals surface area contributed by atoms with Crippen molar-refractivity contribution in [2.75, 3.05) is 31.8 Å². The fourth-order valence-electron chi connectivity index (χ4n) is 5.48. The lowest BCUT2D eigenvalue weighted by Crippen LogP contribution is -2.49. The van der Waals surface area contributed by atoms with Gasteiger partial charge in [0.05, 0.1) is 5.69 Å². The first-order chi connectivity index (χ1) is 19.2. The molecule has 1 aliphatic carbocycles. The Labute approximate surface area is 241 Å². The van der Waals surface area contributed by atoms with Gasteiger partial charge in [-0.05, 0) is 82.1 Å². The van der Waals surface area contributed by atoms with E-state index in [-0.39, 0.29) is 23.8 Å². The van der Waals surface area contributed by atoms with E-state index in [4.69, 9.17) is 15.2 Å². The van der Waals surface area contributed by atoms with E-state index in [1.807, 2.05) is 55.1 Å². The van der Waals surface area contributed by atoms with Gasteiger partial charge in [-0.3, -0.25) is 9.59 Å². The van der Waals surface area contributed by atoms with Crippen LogP contribution in [0.5, 0.6) is 0 Å². The van der Waals surface area contributed by atoms with Gasteiger partial charge in [-0.15, -0.1) is 11.3 Å². The van der Waals surface area contributed by atoms with Gasteiger partial charge in [0.25, 0.3) is 0 Å². The molecule has 2 N–H and O–H groups in total. The highest BCUT2D eigenvalue weighted by molar-refractivity contribution is 7.18. The normalized spacial score (nSPS) is 21.1. The SMILES string of the molecule is CC1CCC(C(=O)N(c2cc(-c3ccccc3)sc2C(=O)OCOC(=O)[C@@H](N)C(C)C)C2CCN(C)CC2)CC1. The predicted molar refractivity (Wildman–Crippen MR) is 158 cm³/mol. The Morgan fingerprint density at radius 2 is 1.68 bits per heavy atom. The van der Waals surface area contributed by atoms with Crippen molar-refractivity contribution in [3.63, 3.8) is 0 Å². The number of likely N-dealkylation sites (tertiary alicyclic amines) is 1. The van der Waals surface area contributed by atoms with E-state index in [9.17, 15) is 14.4 Å². The Kier molecular flexibility index (Phi) is 10.4. The van der Waals surface area contributed by atoms with E-state index in [1.54, 1.807) is 0 Å². The molecule has 40 heavy (non-hydrogen) atoms. The molecule has 0 spiro atoms. The Balaban J connectivity index is 1.66. The average Bonchev–Trinajstić information content (AvgIpc) is 3.39. The summed E-state index contributed by atoms with van der Waals surface area (Å²) < 4.78 is 10.6. The molecule has 8 nitrogen and oxygen atoms in total. The minimum Gasteiger partial charge on any atom is -0.427 e. The number of ether oxygens (including phenoxy) is 2. The molecular weight excluding hydrogens is 526 g/mol. The lowest BCUT2D eigenvalue weighted by Gasteiger charge is -2.40. The van der Waals surface area contributed by atoms with Crippen LogP contribution in [0.15, 0.2) is 36.4 Å².